The highest BCUT2D eigenvalue weighted by Gasteiger charge is 2.09. The molecule has 0 aliphatic carbocycles. The molecule has 1 unspecified atom stereocenters. The third-order valence-corrected chi connectivity index (χ3v) is 2.75. The zero-order valence-corrected chi connectivity index (χ0v) is 12.1. The van der Waals surface area contributed by atoms with Crippen LogP contribution in [0.15, 0.2) is 24.3 Å². The van der Waals surface area contributed by atoms with Crippen molar-refractivity contribution in [2.75, 3.05) is 5.32 Å². The first-order chi connectivity index (χ1) is 9.38. The Labute approximate surface area is 119 Å². The number of nitrogens with one attached hydrogen (secondary N) is 2. The van der Waals surface area contributed by atoms with Gasteiger partial charge in [-0.05, 0) is 45.4 Å². The van der Waals surface area contributed by atoms with E-state index in [2.05, 4.69) is 10.6 Å². The summed E-state index contributed by atoms with van der Waals surface area (Å²) in [7, 11) is 0. The molecule has 0 saturated heterocycles. The molecule has 0 bridgehead atoms. The third-order valence-electron chi connectivity index (χ3n) is 2.75. The Morgan fingerprint density at radius 2 is 1.95 bits per heavy atom. The van der Waals surface area contributed by atoms with E-state index in [0.29, 0.717) is 12.0 Å². The normalized spacial score (nSPS) is 12.0. The minimum absolute atomic E-state index is 0.0366. The Balaban J connectivity index is 2.63. The molecule has 1 aromatic carbocycles. The molecule has 1 atom stereocenters. The van der Waals surface area contributed by atoms with Crippen molar-refractivity contribution < 1.29 is 14.7 Å². The van der Waals surface area contributed by atoms with E-state index in [-0.39, 0.29) is 24.4 Å². The van der Waals surface area contributed by atoms with Crippen LogP contribution in [0.5, 0.6) is 0 Å². The fourth-order valence-electron chi connectivity index (χ4n) is 1.79. The molecule has 20 heavy (non-hydrogen) atoms. The van der Waals surface area contributed by atoms with Crippen molar-refractivity contribution in [3.63, 3.8) is 0 Å². The second-order valence-corrected chi connectivity index (χ2v) is 5.19. The molecule has 110 valence electrons. The molecule has 1 aromatic rings. The number of hydrogen-bond acceptors (Lipinski definition) is 3. The standard InChI is InChI=1S/C15H22N2O3/c1-10(2)16-15(20)12-5-4-6-13(9-12)17-11(3)7-8-14(18)19/h4-6,9-11,17H,7-8H2,1-3H3,(H,16,20)(H,18,19). The lowest BCUT2D eigenvalue weighted by atomic mass is 10.1. The molecule has 0 heterocycles. The Morgan fingerprint density at radius 1 is 1.25 bits per heavy atom. The predicted molar refractivity (Wildman–Crippen MR) is 79.0 cm³/mol. The van der Waals surface area contributed by atoms with Gasteiger partial charge in [0, 0.05) is 29.8 Å². The van der Waals surface area contributed by atoms with Crippen molar-refractivity contribution in [2.45, 2.75) is 45.7 Å². The Kier molecular flexibility index (Phi) is 6.03. The van der Waals surface area contributed by atoms with Crippen LogP contribution >= 0.6 is 0 Å². The number of carboxylic acids is 1. The van der Waals surface area contributed by atoms with Crippen molar-refractivity contribution in [2.24, 2.45) is 0 Å². The van der Waals surface area contributed by atoms with E-state index in [1.165, 1.54) is 0 Å². The van der Waals surface area contributed by atoms with Gasteiger partial charge in [0.2, 0.25) is 0 Å². The van der Waals surface area contributed by atoms with Gasteiger partial charge in [-0.1, -0.05) is 6.07 Å². The quantitative estimate of drug-likeness (QED) is 0.716. The van der Waals surface area contributed by atoms with Crippen LogP contribution in [0.4, 0.5) is 5.69 Å². The first kappa shape index (κ1) is 16.0. The predicted octanol–water partition coefficient (Wildman–Crippen LogP) is 2.49. The van der Waals surface area contributed by atoms with Crippen molar-refractivity contribution in [1.29, 1.82) is 0 Å². The highest BCUT2D eigenvalue weighted by atomic mass is 16.4. The largest absolute Gasteiger partial charge is 0.481 e. The Morgan fingerprint density at radius 3 is 2.55 bits per heavy atom. The summed E-state index contributed by atoms with van der Waals surface area (Å²) in [5, 5.41) is 14.7. The number of benzene rings is 1. The van der Waals surface area contributed by atoms with Crippen molar-refractivity contribution in [3.8, 4) is 0 Å². The number of amides is 1. The van der Waals surface area contributed by atoms with Gasteiger partial charge in [0.1, 0.15) is 0 Å². The van der Waals surface area contributed by atoms with E-state index < -0.39 is 5.97 Å². The number of hydrogen-bond donors (Lipinski definition) is 3. The first-order valence-corrected chi connectivity index (χ1v) is 6.77. The lowest BCUT2D eigenvalue weighted by molar-refractivity contribution is -0.137. The number of carboxylic acid groups (broad SMARTS) is 1. The van der Waals surface area contributed by atoms with Crippen LogP contribution in [0.25, 0.3) is 0 Å². The highest BCUT2D eigenvalue weighted by molar-refractivity contribution is 5.95. The molecule has 5 heteroatoms. The number of aliphatic carboxylic acids is 1. The van der Waals surface area contributed by atoms with Gasteiger partial charge in [-0.2, -0.15) is 0 Å². The van der Waals surface area contributed by atoms with Crippen LogP contribution in [0.1, 0.15) is 44.0 Å². The lowest BCUT2D eigenvalue weighted by Gasteiger charge is -2.15. The molecule has 0 aromatic heterocycles. The number of rotatable bonds is 7. The van der Waals surface area contributed by atoms with Crippen LogP contribution in [0.2, 0.25) is 0 Å². The highest BCUT2D eigenvalue weighted by Crippen LogP contribution is 2.13. The molecular formula is C15H22N2O3. The summed E-state index contributed by atoms with van der Waals surface area (Å²) in [6.07, 6.45) is 0.666. The van der Waals surface area contributed by atoms with Crippen LogP contribution in [0, 0.1) is 0 Å². The van der Waals surface area contributed by atoms with Crippen LogP contribution in [-0.2, 0) is 4.79 Å². The van der Waals surface area contributed by atoms with Crippen LogP contribution < -0.4 is 10.6 Å². The van der Waals surface area contributed by atoms with Gasteiger partial charge >= 0.3 is 5.97 Å². The molecule has 1 amide bonds. The maximum atomic E-state index is 11.9. The van der Waals surface area contributed by atoms with E-state index in [1.54, 1.807) is 12.1 Å². The molecule has 1 rings (SSSR count). The summed E-state index contributed by atoms with van der Waals surface area (Å²) in [5.74, 6) is -0.912. The number of carbonyl (C=O) groups is 2. The second-order valence-electron chi connectivity index (χ2n) is 5.19. The maximum Gasteiger partial charge on any atom is 0.303 e. The van der Waals surface area contributed by atoms with E-state index in [0.717, 1.165) is 5.69 Å². The monoisotopic (exact) mass is 278 g/mol. The van der Waals surface area contributed by atoms with Gasteiger partial charge in [0.25, 0.3) is 5.91 Å². The van der Waals surface area contributed by atoms with Gasteiger partial charge in [-0.3, -0.25) is 9.59 Å². The van der Waals surface area contributed by atoms with Crippen molar-refractivity contribution in [3.05, 3.63) is 29.8 Å². The zero-order valence-electron chi connectivity index (χ0n) is 12.1. The Bertz CT molecular complexity index is 472. The second kappa shape index (κ2) is 7.53. The lowest BCUT2D eigenvalue weighted by Crippen LogP contribution is -2.30. The van der Waals surface area contributed by atoms with E-state index in [1.807, 2.05) is 32.9 Å². The van der Waals surface area contributed by atoms with Gasteiger partial charge in [0.15, 0.2) is 0 Å². The molecule has 0 radical (unpaired) electrons. The fraction of sp³-hybridized carbons (Fsp3) is 0.467. The third kappa shape index (κ3) is 5.73. The van der Waals surface area contributed by atoms with E-state index >= 15 is 0 Å². The SMILES string of the molecule is CC(C)NC(=O)c1cccc(NC(C)CCC(=O)O)c1. The molecule has 0 aliphatic heterocycles. The maximum absolute atomic E-state index is 11.9. The zero-order chi connectivity index (χ0) is 15.1. The minimum Gasteiger partial charge on any atom is -0.481 e. The summed E-state index contributed by atoms with van der Waals surface area (Å²) in [6.45, 7) is 5.74. The Hall–Kier alpha value is -2.04. The van der Waals surface area contributed by atoms with Crippen LogP contribution in [-0.4, -0.2) is 29.1 Å². The van der Waals surface area contributed by atoms with Crippen molar-refractivity contribution in [1.82, 2.24) is 5.32 Å². The van der Waals surface area contributed by atoms with Crippen molar-refractivity contribution >= 4 is 17.6 Å². The first-order valence-electron chi connectivity index (χ1n) is 6.77. The summed E-state index contributed by atoms with van der Waals surface area (Å²) >= 11 is 0. The number of anilines is 1. The summed E-state index contributed by atoms with van der Waals surface area (Å²) in [6, 6.07) is 7.33. The van der Waals surface area contributed by atoms with Gasteiger partial charge in [-0.15, -0.1) is 0 Å². The molecule has 5 nitrogen and oxygen atoms in total. The molecule has 0 saturated carbocycles. The summed E-state index contributed by atoms with van der Waals surface area (Å²) in [4.78, 5) is 22.4. The molecule has 0 fully saturated rings. The summed E-state index contributed by atoms with van der Waals surface area (Å²) < 4.78 is 0. The summed E-state index contributed by atoms with van der Waals surface area (Å²) in [5.41, 5.74) is 1.41. The fourth-order valence-corrected chi connectivity index (χ4v) is 1.79. The molecule has 0 spiro atoms. The average molecular weight is 278 g/mol. The number of carbonyl (C=O) groups excluding carboxylic acids is 1. The molecule has 0 aliphatic rings. The molecular weight excluding hydrogens is 256 g/mol. The van der Waals surface area contributed by atoms with Crippen LogP contribution in [0.3, 0.4) is 0 Å². The average Bonchev–Trinajstić information content (AvgIpc) is 2.36. The minimum atomic E-state index is -0.802. The van der Waals surface area contributed by atoms with Gasteiger partial charge in [-0.25, -0.2) is 0 Å². The van der Waals surface area contributed by atoms with Gasteiger partial charge in [0.05, 0.1) is 0 Å². The topological polar surface area (TPSA) is 78.4 Å². The van der Waals surface area contributed by atoms with Gasteiger partial charge < -0.3 is 15.7 Å². The van der Waals surface area contributed by atoms with E-state index in [4.69, 9.17) is 5.11 Å². The molecule has 3 N–H and O–H groups in total. The van der Waals surface area contributed by atoms with E-state index in [9.17, 15) is 9.59 Å². The smallest absolute Gasteiger partial charge is 0.303 e.